The fourth-order valence-electron chi connectivity index (χ4n) is 2.13. The van der Waals surface area contributed by atoms with Crippen molar-refractivity contribution < 1.29 is 9.63 Å². The second kappa shape index (κ2) is 4.61. The summed E-state index contributed by atoms with van der Waals surface area (Å²) < 4.78 is 5.32. The molecule has 0 radical (unpaired) electrons. The zero-order valence-electron chi connectivity index (χ0n) is 10.5. The van der Waals surface area contributed by atoms with Gasteiger partial charge in [0.15, 0.2) is 0 Å². The third-order valence-electron chi connectivity index (χ3n) is 3.07. The van der Waals surface area contributed by atoms with Crippen molar-refractivity contribution in [1.29, 1.82) is 0 Å². The molecule has 0 aliphatic rings. The van der Waals surface area contributed by atoms with E-state index in [4.69, 9.17) is 4.52 Å². The van der Waals surface area contributed by atoms with Crippen LogP contribution in [0.4, 0.5) is 0 Å². The van der Waals surface area contributed by atoms with Crippen LogP contribution in [0.3, 0.4) is 0 Å². The summed E-state index contributed by atoms with van der Waals surface area (Å²) >= 11 is 0. The van der Waals surface area contributed by atoms with Crippen molar-refractivity contribution in [1.82, 2.24) is 5.16 Å². The summed E-state index contributed by atoms with van der Waals surface area (Å²) in [5.74, 6) is 1.02. The van der Waals surface area contributed by atoms with Crippen LogP contribution in [0.1, 0.15) is 5.76 Å². The van der Waals surface area contributed by atoms with Crippen LogP contribution in [0, 0.1) is 6.92 Å². The van der Waals surface area contributed by atoms with Gasteiger partial charge in [0.25, 0.3) is 0 Å². The smallest absolute Gasteiger partial charge is 0.142 e. The zero-order chi connectivity index (χ0) is 13.2. The SMILES string of the molecule is Cc1onc(-c2ccccc2)c1-c1ccc(O)cc1. The lowest BCUT2D eigenvalue weighted by Crippen LogP contribution is -1.83. The van der Waals surface area contributed by atoms with E-state index in [1.54, 1.807) is 12.1 Å². The summed E-state index contributed by atoms with van der Waals surface area (Å²) in [6.45, 7) is 1.89. The number of hydrogen-bond donors (Lipinski definition) is 1. The first-order valence-corrected chi connectivity index (χ1v) is 6.07. The monoisotopic (exact) mass is 251 g/mol. The standard InChI is InChI=1S/C16H13NO2/c1-11-15(12-7-9-14(18)10-8-12)16(17-19-11)13-5-3-2-4-6-13/h2-10,18H,1H3. The van der Waals surface area contributed by atoms with Crippen LogP contribution in [0.15, 0.2) is 59.1 Å². The fourth-order valence-corrected chi connectivity index (χ4v) is 2.13. The number of hydrogen-bond acceptors (Lipinski definition) is 3. The second-order valence-corrected chi connectivity index (χ2v) is 4.38. The average Bonchev–Trinajstić information content (AvgIpc) is 2.83. The van der Waals surface area contributed by atoms with E-state index in [2.05, 4.69) is 5.16 Å². The molecule has 0 unspecified atom stereocenters. The molecule has 1 heterocycles. The Morgan fingerprint density at radius 1 is 0.895 bits per heavy atom. The molecule has 0 aliphatic carbocycles. The fraction of sp³-hybridized carbons (Fsp3) is 0.0625. The minimum Gasteiger partial charge on any atom is -0.508 e. The number of aromatic nitrogens is 1. The Hall–Kier alpha value is -2.55. The summed E-state index contributed by atoms with van der Waals surface area (Å²) in [6.07, 6.45) is 0. The van der Waals surface area contributed by atoms with Gasteiger partial charge in [-0.25, -0.2) is 0 Å². The Labute approximate surface area is 111 Å². The minimum atomic E-state index is 0.249. The van der Waals surface area contributed by atoms with E-state index in [9.17, 15) is 5.11 Å². The van der Waals surface area contributed by atoms with Crippen LogP contribution in [0.25, 0.3) is 22.4 Å². The number of phenolic OH excluding ortho intramolecular Hbond substituents is 1. The number of rotatable bonds is 2. The largest absolute Gasteiger partial charge is 0.508 e. The van der Waals surface area contributed by atoms with Crippen LogP contribution in [-0.4, -0.2) is 10.3 Å². The molecule has 3 heteroatoms. The van der Waals surface area contributed by atoms with Gasteiger partial charge in [-0.1, -0.05) is 47.6 Å². The highest BCUT2D eigenvalue weighted by Crippen LogP contribution is 2.34. The summed E-state index contributed by atoms with van der Waals surface area (Å²) in [4.78, 5) is 0. The molecule has 0 fully saturated rings. The second-order valence-electron chi connectivity index (χ2n) is 4.38. The first-order valence-electron chi connectivity index (χ1n) is 6.07. The van der Waals surface area contributed by atoms with E-state index < -0.39 is 0 Å². The van der Waals surface area contributed by atoms with Crippen molar-refractivity contribution in [2.75, 3.05) is 0 Å². The first kappa shape index (κ1) is 11.5. The molecule has 0 spiro atoms. The lowest BCUT2D eigenvalue weighted by molar-refractivity contribution is 0.400. The molecule has 3 nitrogen and oxygen atoms in total. The lowest BCUT2D eigenvalue weighted by Gasteiger charge is -2.03. The van der Waals surface area contributed by atoms with Crippen molar-refractivity contribution in [2.45, 2.75) is 6.92 Å². The Kier molecular flexibility index (Phi) is 2.80. The van der Waals surface area contributed by atoms with Gasteiger partial charge in [-0.05, 0) is 24.6 Å². The van der Waals surface area contributed by atoms with Crippen LogP contribution >= 0.6 is 0 Å². The van der Waals surface area contributed by atoms with Gasteiger partial charge in [0, 0.05) is 5.56 Å². The third-order valence-corrected chi connectivity index (χ3v) is 3.07. The molecule has 94 valence electrons. The summed E-state index contributed by atoms with van der Waals surface area (Å²) in [5, 5.41) is 13.5. The number of nitrogens with zero attached hydrogens (tertiary/aromatic N) is 1. The van der Waals surface area contributed by atoms with Crippen LogP contribution in [0.2, 0.25) is 0 Å². The van der Waals surface area contributed by atoms with Crippen molar-refractivity contribution in [3.05, 3.63) is 60.4 Å². The maximum Gasteiger partial charge on any atom is 0.142 e. The molecule has 0 saturated carbocycles. The van der Waals surface area contributed by atoms with Gasteiger partial charge in [-0.15, -0.1) is 0 Å². The molecule has 0 bridgehead atoms. The van der Waals surface area contributed by atoms with Crippen molar-refractivity contribution in [3.63, 3.8) is 0 Å². The highest BCUT2D eigenvalue weighted by Gasteiger charge is 2.16. The van der Waals surface area contributed by atoms with Crippen LogP contribution < -0.4 is 0 Å². The van der Waals surface area contributed by atoms with Gasteiger partial charge >= 0.3 is 0 Å². The van der Waals surface area contributed by atoms with Gasteiger partial charge in [0.05, 0.1) is 5.56 Å². The number of aromatic hydroxyl groups is 1. The Morgan fingerprint density at radius 3 is 2.26 bits per heavy atom. The molecule has 0 aliphatic heterocycles. The molecule has 0 amide bonds. The van der Waals surface area contributed by atoms with E-state index in [0.29, 0.717) is 0 Å². The van der Waals surface area contributed by atoms with Gasteiger partial charge in [0.1, 0.15) is 17.2 Å². The minimum absolute atomic E-state index is 0.249. The third kappa shape index (κ3) is 2.10. The molecular formula is C16H13NO2. The predicted octanol–water partition coefficient (Wildman–Crippen LogP) is 4.02. The topological polar surface area (TPSA) is 46.3 Å². The molecule has 0 atom stereocenters. The highest BCUT2D eigenvalue weighted by atomic mass is 16.5. The summed E-state index contributed by atoms with van der Waals surface area (Å²) in [5.41, 5.74) is 3.79. The van der Waals surface area contributed by atoms with E-state index in [-0.39, 0.29) is 5.75 Å². The van der Waals surface area contributed by atoms with Gasteiger partial charge in [0.2, 0.25) is 0 Å². The Morgan fingerprint density at radius 2 is 1.58 bits per heavy atom. The van der Waals surface area contributed by atoms with E-state index in [0.717, 1.165) is 28.1 Å². The van der Waals surface area contributed by atoms with Crippen LogP contribution in [-0.2, 0) is 0 Å². The molecule has 2 aromatic carbocycles. The molecule has 0 saturated heterocycles. The average molecular weight is 251 g/mol. The molecular weight excluding hydrogens is 238 g/mol. The number of phenols is 1. The molecule has 3 rings (SSSR count). The van der Waals surface area contributed by atoms with E-state index >= 15 is 0 Å². The maximum atomic E-state index is 9.37. The van der Waals surface area contributed by atoms with Crippen molar-refractivity contribution in [3.8, 4) is 28.1 Å². The number of aryl methyl sites for hydroxylation is 1. The Bertz CT molecular complexity index is 685. The Balaban J connectivity index is 2.17. The lowest BCUT2D eigenvalue weighted by atomic mass is 9.99. The quantitative estimate of drug-likeness (QED) is 0.748. The zero-order valence-corrected chi connectivity index (χ0v) is 10.5. The van der Waals surface area contributed by atoms with Crippen molar-refractivity contribution in [2.24, 2.45) is 0 Å². The van der Waals surface area contributed by atoms with E-state index in [1.165, 1.54) is 0 Å². The van der Waals surface area contributed by atoms with Gasteiger partial charge in [-0.2, -0.15) is 0 Å². The highest BCUT2D eigenvalue weighted by molar-refractivity contribution is 5.81. The van der Waals surface area contributed by atoms with Crippen molar-refractivity contribution >= 4 is 0 Å². The first-order chi connectivity index (χ1) is 9.25. The van der Waals surface area contributed by atoms with E-state index in [1.807, 2.05) is 49.4 Å². The van der Waals surface area contributed by atoms with Gasteiger partial charge in [-0.3, -0.25) is 0 Å². The van der Waals surface area contributed by atoms with Gasteiger partial charge < -0.3 is 9.63 Å². The summed E-state index contributed by atoms with van der Waals surface area (Å²) in [6, 6.07) is 17.0. The maximum absolute atomic E-state index is 9.37. The number of benzene rings is 2. The molecule has 1 N–H and O–H groups in total. The molecule has 19 heavy (non-hydrogen) atoms. The molecule has 1 aromatic heterocycles. The normalized spacial score (nSPS) is 10.6. The van der Waals surface area contributed by atoms with Crippen LogP contribution in [0.5, 0.6) is 5.75 Å². The molecule has 3 aromatic rings. The predicted molar refractivity (Wildman–Crippen MR) is 73.8 cm³/mol. The summed E-state index contributed by atoms with van der Waals surface area (Å²) in [7, 11) is 0.